The van der Waals surface area contributed by atoms with Crippen LogP contribution in [-0.4, -0.2) is 13.2 Å². The summed E-state index contributed by atoms with van der Waals surface area (Å²) >= 11 is 0. The molecule has 0 saturated carbocycles. The minimum Gasteiger partial charge on any atom is -0.310 e. The van der Waals surface area contributed by atoms with Crippen molar-refractivity contribution in [2.24, 2.45) is 0 Å². The molecule has 0 unspecified atom stereocenters. The van der Waals surface area contributed by atoms with Crippen molar-refractivity contribution in [2.45, 2.75) is 6.92 Å². The second-order valence-electron chi connectivity index (χ2n) is 1.07. The lowest BCUT2D eigenvalue weighted by molar-refractivity contribution is 0.682. The fourth-order valence-electron chi connectivity index (χ4n) is 0.227. The van der Waals surface area contributed by atoms with Crippen LogP contribution >= 0.6 is 0 Å². The quantitative estimate of drug-likeness (QED) is 0.219. The number of nitrogens with zero attached hydrogens (tertiary/aromatic N) is 1. The highest BCUT2D eigenvalue weighted by Gasteiger charge is 1.72. The minimum absolute atomic E-state index is 0.576. The van der Waals surface area contributed by atoms with Crippen molar-refractivity contribution in [3.8, 4) is 6.19 Å². The maximum atomic E-state index is 7.89. The smallest absolute Gasteiger partial charge is 0.177 e. The predicted octanol–water partition coefficient (Wildman–Crippen LogP) is -0.376. The zero-order chi connectivity index (χ0) is 5.54. The molecule has 7 heavy (non-hydrogen) atoms. The van der Waals surface area contributed by atoms with E-state index in [4.69, 9.17) is 5.26 Å². The molecule has 0 saturated heterocycles. The van der Waals surface area contributed by atoms with Gasteiger partial charge < -0.3 is 5.32 Å². The van der Waals surface area contributed by atoms with E-state index >= 15 is 0 Å². The van der Waals surface area contributed by atoms with Gasteiger partial charge in [-0.25, -0.2) is 0 Å². The summed E-state index contributed by atoms with van der Waals surface area (Å²) in [6, 6.07) is 0. The second-order valence-corrected chi connectivity index (χ2v) is 1.07. The average molecular weight is 99.1 g/mol. The Kier molecular flexibility index (Phi) is 4.69. The van der Waals surface area contributed by atoms with Gasteiger partial charge in [0, 0.05) is 0 Å². The lowest BCUT2D eigenvalue weighted by atomic mass is 10.7. The highest BCUT2D eigenvalue weighted by atomic mass is 15.0. The van der Waals surface area contributed by atoms with E-state index < -0.39 is 0 Å². The molecule has 0 aliphatic rings. The highest BCUT2D eigenvalue weighted by Crippen LogP contribution is 1.47. The van der Waals surface area contributed by atoms with Crippen molar-refractivity contribution < 1.29 is 0 Å². The Balaban J connectivity index is 2.60. The average Bonchev–Trinajstić information content (AvgIpc) is 1.69. The van der Waals surface area contributed by atoms with Gasteiger partial charge in [0.15, 0.2) is 6.19 Å². The van der Waals surface area contributed by atoms with E-state index in [0.29, 0.717) is 6.67 Å². The minimum atomic E-state index is 0.576. The largest absolute Gasteiger partial charge is 0.310 e. The molecule has 0 fully saturated rings. The van der Waals surface area contributed by atoms with Gasteiger partial charge in [-0.2, -0.15) is 5.26 Å². The molecule has 0 aliphatic heterocycles. The van der Waals surface area contributed by atoms with Crippen molar-refractivity contribution in [3.63, 3.8) is 0 Å². The second kappa shape index (κ2) is 5.25. The molecule has 0 radical (unpaired) electrons. The van der Waals surface area contributed by atoms with Gasteiger partial charge in [-0.15, -0.1) is 0 Å². The fourth-order valence-corrected chi connectivity index (χ4v) is 0.227. The summed E-state index contributed by atoms with van der Waals surface area (Å²) in [5.74, 6) is 0. The summed E-state index contributed by atoms with van der Waals surface area (Å²) in [5.41, 5.74) is 0. The molecule has 0 atom stereocenters. The number of rotatable bonds is 3. The first kappa shape index (κ1) is 6.25. The van der Waals surface area contributed by atoms with Crippen LogP contribution in [-0.2, 0) is 0 Å². The van der Waals surface area contributed by atoms with Crippen LogP contribution in [0.1, 0.15) is 6.92 Å². The highest BCUT2D eigenvalue weighted by molar-refractivity contribution is 4.61. The molecular formula is C4H9N3. The first-order valence-corrected chi connectivity index (χ1v) is 2.24. The lowest BCUT2D eigenvalue weighted by Gasteiger charge is -1.93. The number of hydrogen-bond donors (Lipinski definition) is 2. The molecule has 2 N–H and O–H groups in total. The van der Waals surface area contributed by atoms with Gasteiger partial charge in [0.05, 0.1) is 6.67 Å². The third kappa shape index (κ3) is 5.25. The monoisotopic (exact) mass is 99.1 g/mol. The van der Waals surface area contributed by atoms with Gasteiger partial charge >= 0.3 is 0 Å². The van der Waals surface area contributed by atoms with Crippen LogP contribution in [0.25, 0.3) is 0 Å². The van der Waals surface area contributed by atoms with E-state index in [1.807, 2.05) is 6.92 Å². The molecule has 0 aromatic carbocycles. The number of nitrogens with one attached hydrogen (secondary N) is 2. The van der Waals surface area contributed by atoms with Crippen molar-refractivity contribution in [2.75, 3.05) is 13.2 Å². The molecular weight excluding hydrogens is 90.1 g/mol. The standard InChI is InChI=1S/C4H9N3/c1-2-6-4-7-3-5/h6-7H,2,4H2,1H3. The van der Waals surface area contributed by atoms with Crippen LogP contribution in [0, 0.1) is 11.5 Å². The van der Waals surface area contributed by atoms with E-state index in [1.165, 1.54) is 0 Å². The maximum Gasteiger partial charge on any atom is 0.177 e. The molecule has 3 nitrogen and oxygen atoms in total. The van der Waals surface area contributed by atoms with Crippen molar-refractivity contribution >= 4 is 0 Å². The third-order valence-corrected chi connectivity index (χ3v) is 0.542. The molecule has 40 valence electrons. The summed E-state index contributed by atoms with van der Waals surface area (Å²) in [5, 5.41) is 13.3. The Labute approximate surface area is 43.3 Å². The zero-order valence-electron chi connectivity index (χ0n) is 4.36. The molecule has 0 heterocycles. The number of nitriles is 1. The maximum absolute atomic E-state index is 7.89. The van der Waals surface area contributed by atoms with Crippen LogP contribution in [0.3, 0.4) is 0 Å². The van der Waals surface area contributed by atoms with Crippen molar-refractivity contribution in [1.29, 1.82) is 5.26 Å². The summed E-state index contributed by atoms with van der Waals surface area (Å²) in [4.78, 5) is 0. The van der Waals surface area contributed by atoms with Crippen molar-refractivity contribution in [3.05, 3.63) is 0 Å². The van der Waals surface area contributed by atoms with Gasteiger partial charge in [-0.1, -0.05) is 6.92 Å². The molecule has 0 rings (SSSR count). The topological polar surface area (TPSA) is 47.8 Å². The summed E-state index contributed by atoms with van der Waals surface area (Å²) in [6.07, 6.45) is 1.79. The van der Waals surface area contributed by atoms with Gasteiger partial charge in [-0.05, 0) is 6.54 Å². The Morgan fingerprint density at radius 1 is 1.71 bits per heavy atom. The molecule has 0 amide bonds. The SMILES string of the molecule is CCNCNC#N. The Morgan fingerprint density at radius 2 is 2.43 bits per heavy atom. The van der Waals surface area contributed by atoms with Crippen molar-refractivity contribution in [1.82, 2.24) is 10.6 Å². The van der Waals surface area contributed by atoms with E-state index in [2.05, 4.69) is 10.6 Å². The van der Waals surface area contributed by atoms with E-state index in [0.717, 1.165) is 6.54 Å². The molecule has 0 aliphatic carbocycles. The van der Waals surface area contributed by atoms with Gasteiger partial charge in [0.1, 0.15) is 0 Å². The third-order valence-electron chi connectivity index (χ3n) is 0.542. The van der Waals surface area contributed by atoms with Crippen LogP contribution in [0.5, 0.6) is 0 Å². The summed E-state index contributed by atoms with van der Waals surface area (Å²) in [6.45, 7) is 3.46. The van der Waals surface area contributed by atoms with E-state index in [1.54, 1.807) is 6.19 Å². The Bertz CT molecular complexity index is 63.8. The Hall–Kier alpha value is -0.750. The molecule has 0 spiro atoms. The van der Waals surface area contributed by atoms with Crippen LogP contribution < -0.4 is 10.6 Å². The molecule has 0 bridgehead atoms. The van der Waals surface area contributed by atoms with Crippen LogP contribution in [0.15, 0.2) is 0 Å². The first-order chi connectivity index (χ1) is 3.41. The summed E-state index contributed by atoms with van der Waals surface area (Å²) in [7, 11) is 0. The zero-order valence-corrected chi connectivity index (χ0v) is 4.36. The van der Waals surface area contributed by atoms with Gasteiger partial charge in [0.25, 0.3) is 0 Å². The Morgan fingerprint density at radius 3 is 2.86 bits per heavy atom. The van der Waals surface area contributed by atoms with Gasteiger partial charge in [0.2, 0.25) is 0 Å². The van der Waals surface area contributed by atoms with Crippen LogP contribution in [0.2, 0.25) is 0 Å². The fraction of sp³-hybridized carbons (Fsp3) is 0.750. The van der Waals surface area contributed by atoms with Crippen LogP contribution in [0.4, 0.5) is 0 Å². The normalized spacial score (nSPS) is 7.43. The predicted molar refractivity (Wildman–Crippen MR) is 27.3 cm³/mol. The first-order valence-electron chi connectivity index (χ1n) is 2.24. The molecule has 0 aromatic heterocycles. The van der Waals surface area contributed by atoms with Gasteiger partial charge in [-0.3, -0.25) is 5.32 Å². The summed E-state index contributed by atoms with van der Waals surface area (Å²) < 4.78 is 0. The number of hydrogen-bond acceptors (Lipinski definition) is 3. The van der Waals surface area contributed by atoms with E-state index in [-0.39, 0.29) is 0 Å². The lowest BCUT2D eigenvalue weighted by Crippen LogP contribution is -2.24. The molecule has 0 aromatic rings. The van der Waals surface area contributed by atoms with E-state index in [9.17, 15) is 0 Å². The molecule has 3 heteroatoms.